The van der Waals surface area contributed by atoms with Gasteiger partial charge in [0.15, 0.2) is 0 Å². The van der Waals surface area contributed by atoms with E-state index in [0.29, 0.717) is 13.0 Å². The minimum atomic E-state index is -3.16. The quantitative estimate of drug-likeness (QED) is 0.824. The van der Waals surface area contributed by atoms with Gasteiger partial charge in [-0.15, -0.1) is 0 Å². The van der Waals surface area contributed by atoms with Crippen LogP contribution in [0.3, 0.4) is 0 Å². The van der Waals surface area contributed by atoms with Crippen LogP contribution in [0.25, 0.3) is 0 Å². The van der Waals surface area contributed by atoms with Crippen LogP contribution in [0.15, 0.2) is 18.2 Å². The summed E-state index contributed by atoms with van der Waals surface area (Å²) >= 11 is 0. The molecule has 1 N–H and O–H groups in total. The normalized spacial score (nSPS) is 20.0. The first kappa shape index (κ1) is 18.5. The topological polar surface area (TPSA) is 64.6 Å². The lowest BCUT2D eigenvalue weighted by Crippen LogP contribution is -2.41. The average Bonchev–Trinajstić information content (AvgIpc) is 2.56. The highest BCUT2D eigenvalue weighted by atomic mass is 32.2. The van der Waals surface area contributed by atoms with Gasteiger partial charge in [0.25, 0.3) is 0 Å². The molecule has 0 radical (unpaired) electrons. The highest BCUT2D eigenvalue weighted by Crippen LogP contribution is 2.36. The third kappa shape index (κ3) is 4.56. The highest BCUT2D eigenvalue weighted by Gasteiger charge is 2.51. The minimum absolute atomic E-state index is 0.376. The molecule has 1 aliphatic heterocycles. The SMILES string of the molecule is Cc1cc(CCNS(C)(=O)=O)cc(B2OC(C)(C)C(C)(C)O2)c1. The molecule has 0 saturated carbocycles. The maximum Gasteiger partial charge on any atom is 0.494 e. The van der Waals surface area contributed by atoms with Crippen molar-refractivity contribution in [1.82, 2.24) is 4.72 Å². The van der Waals surface area contributed by atoms with Crippen molar-refractivity contribution in [3.8, 4) is 0 Å². The zero-order valence-electron chi connectivity index (χ0n) is 14.8. The molecular weight excluding hydrogens is 313 g/mol. The molecular formula is C16H26BNO4S. The number of hydrogen-bond acceptors (Lipinski definition) is 4. The Morgan fingerprint density at radius 2 is 1.65 bits per heavy atom. The van der Waals surface area contributed by atoms with Crippen molar-refractivity contribution in [3.63, 3.8) is 0 Å². The first-order valence-electron chi connectivity index (χ1n) is 7.80. The van der Waals surface area contributed by atoms with Gasteiger partial charge >= 0.3 is 7.12 Å². The van der Waals surface area contributed by atoms with Crippen LogP contribution in [0.1, 0.15) is 38.8 Å². The van der Waals surface area contributed by atoms with Gasteiger partial charge in [0.1, 0.15) is 0 Å². The molecule has 1 fully saturated rings. The molecule has 0 amide bonds. The van der Waals surface area contributed by atoms with Crippen LogP contribution in [0.2, 0.25) is 0 Å². The summed E-state index contributed by atoms with van der Waals surface area (Å²) in [6.07, 6.45) is 1.79. The molecule has 1 saturated heterocycles. The molecule has 0 bridgehead atoms. The van der Waals surface area contributed by atoms with E-state index in [0.717, 1.165) is 16.6 Å². The van der Waals surface area contributed by atoms with Crippen molar-refractivity contribution in [2.75, 3.05) is 12.8 Å². The lowest BCUT2D eigenvalue weighted by Gasteiger charge is -2.32. The molecule has 128 valence electrons. The predicted molar refractivity (Wildman–Crippen MR) is 93.4 cm³/mol. The van der Waals surface area contributed by atoms with Crippen LogP contribution in [-0.4, -0.2) is 39.5 Å². The molecule has 1 aromatic rings. The summed E-state index contributed by atoms with van der Waals surface area (Å²) in [5, 5.41) is 0. The molecule has 1 aromatic carbocycles. The second-order valence-electron chi connectivity index (χ2n) is 7.26. The third-order valence-electron chi connectivity index (χ3n) is 4.46. The second-order valence-corrected chi connectivity index (χ2v) is 9.09. The average molecular weight is 339 g/mol. The second kappa shape index (κ2) is 6.20. The predicted octanol–water partition coefficient (Wildman–Crippen LogP) is 1.39. The molecule has 23 heavy (non-hydrogen) atoms. The Hall–Kier alpha value is -0.885. The maximum atomic E-state index is 11.2. The van der Waals surface area contributed by atoms with Gasteiger partial charge in [-0.2, -0.15) is 0 Å². The van der Waals surface area contributed by atoms with E-state index in [9.17, 15) is 8.42 Å². The smallest absolute Gasteiger partial charge is 0.399 e. The Morgan fingerprint density at radius 1 is 1.09 bits per heavy atom. The Morgan fingerprint density at radius 3 is 2.17 bits per heavy atom. The number of nitrogens with one attached hydrogen (secondary N) is 1. The molecule has 0 aliphatic carbocycles. The molecule has 0 unspecified atom stereocenters. The van der Waals surface area contributed by atoms with E-state index in [4.69, 9.17) is 9.31 Å². The zero-order chi connectivity index (χ0) is 17.5. The van der Waals surface area contributed by atoms with E-state index < -0.39 is 17.1 Å². The maximum absolute atomic E-state index is 11.2. The van der Waals surface area contributed by atoms with Crippen LogP contribution in [0, 0.1) is 6.92 Å². The Labute approximate surface area is 140 Å². The van der Waals surface area contributed by atoms with Gasteiger partial charge in [0, 0.05) is 6.54 Å². The number of benzene rings is 1. The fourth-order valence-electron chi connectivity index (χ4n) is 2.53. The van der Waals surface area contributed by atoms with Gasteiger partial charge in [-0.1, -0.05) is 23.8 Å². The van der Waals surface area contributed by atoms with Gasteiger partial charge in [-0.05, 0) is 52.1 Å². The number of sulfonamides is 1. The summed E-state index contributed by atoms with van der Waals surface area (Å²) in [7, 11) is -3.56. The molecule has 0 spiro atoms. The summed E-state index contributed by atoms with van der Waals surface area (Å²) in [5.41, 5.74) is 2.38. The van der Waals surface area contributed by atoms with Crippen molar-refractivity contribution in [1.29, 1.82) is 0 Å². The van der Waals surface area contributed by atoms with Gasteiger partial charge in [-0.25, -0.2) is 13.1 Å². The zero-order valence-corrected chi connectivity index (χ0v) is 15.6. The van der Waals surface area contributed by atoms with E-state index in [-0.39, 0.29) is 11.2 Å². The number of rotatable bonds is 5. The first-order valence-corrected chi connectivity index (χ1v) is 9.69. The van der Waals surface area contributed by atoms with E-state index in [2.05, 4.69) is 16.9 Å². The molecule has 1 aliphatic rings. The fourth-order valence-corrected chi connectivity index (χ4v) is 3.01. The third-order valence-corrected chi connectivity index (χ3v) is 5.19. The summed E-state index contributed by atoms with van der Waals surface area (Å²) in [6.45, 7) is 10.5. The van der Waals surface area contributed by atoms with E-state index in [1.54, 1.807) is 0 Å². The Kier molecular flexibility index (Phi) is 4.98. The monoisotopic (exact) mass is 339 g/mol. The molecule has 0 atom stereocenters. The van der Waals surface area contributed by atoms with Crippen molar-refractivity contribution < 1.29 is 17.7 Å². The van der Waals surface area contributed by atoms with Crippen LogP contribution >= 0.6 is 0 Å². The standard InChI is InChI=1S/C16H26BNO4S/c1-12-9-13(7-8-18-23(6,19)20)11-14(10-12)17-21-15(2,3)16(4,5)22-17/h9-11,18H,7-8H2,1-6H3. The van der Waals surface area contributed by atoms with Crippen molar-refractivity contribution in [2.45, 2.75) is 52.2 Å². The van der Waals surface area contributed by atoms with Crippen molar-refractivity contribution in [3.05, 3.63) is 29.3 Å². The van der Waals surface area contributed by atoms with Gasteiger partial charge in [0.05, 0.1) is 17.5 Å². The summed E-state index contributed by atoms with van der Waals surface area (Å²) in [5.74, 6) is 0. The Balaban J connectivity index is 2.15. The van der Waals surface area contributed by atoms with E-state index >= 15 is 0 Å². The fraction of sp³-hybridized carbons (Fsp3) is 0.625. The summed E-state index contributed by atoms with van der Waals surface area (Å²) in [6, 6.07) is 6.13. The summed E-state index contributed by atoms with van der Waals surface area (Å²) < 4.78 is 37.0. The largest absolute Gasteiger partial charge is 0.494 e. The van der Waals surface area contributed by atoms with Gasteiger partial charge < -0.3 is 9.31 Å². The van der Waals surface area contributed by atoms with E-state index in [1.807, 2.05) is 40.7 Å². The number of hydrogen-bond donors (Lipinski definition) is 1. The molecule has 1 heterocycles. The first-order chi connectivity index (χ1) is 10.4. The van der Waals surface area contributed by atoms with Gasteiger partial charge in [-0.3, -0.25) is 0 Å². The summed E-state index contributed by atoms with van der Waals surface area (Å²) in [4.78, 5) is 0. The minimum Gasteiger partial charge on any atom is -0.399 e. The number of aryl methyl sites for hydroxylation is 1. The lowest BCUT2D eigenvalue weighted by atomic mass is 9.77. The van der Waals surface area contributed by atoms with Gasteiger partial charge in [0.2, 0.25) is 10.0 Å². The molecule has 7 heteroatoms. The lowest BCUT2D eigenvalue weighted by molar-refractivity contribution is 0.00578. The van der Waals surface area contributed by atoms with Crippen LogP contribution in [0.5, 0.6) is 0 Å². The van der Waals surface area contributed by atoms with E-state index in [1.165, 1.54) is 6.26 Å². The van der Waals surface area contributed by atoms with Crippen LogP contribution in [0.4, 0.5) is 0 Å². The van der Waals surface area contributed by atoms with Crippen molar-refractivity contribution >= 4 is 22.6 Å². The Bertz CT molecular complexity index is 669. The van der Waals surface area contributed by atoms with Crippen molar-refractivity contribution in [2.24, 2.45) is 0 Å². The molecule has 0 aromatic heterocycles. The molecule has 5 nitrogen and oxygen atoms in total. The highest BCUT2D eigenvalue weighted by molar-refractivity contribution is 7.88. The molecule has 2 rings (SSSR count). The van der Waals surface area contributed by atoms with Crippen LogP contribution < -0.4 is 10.2 Å². The van der Waals surface area contributed by atoms with Crippen LogP contribution in [-0.2, 0) is 25.8 Å².